The van der Waals surface area contributed by atoms with Crippen molar-refractivity contribution in [3.05, 3.63) is 97.5 Å². The first-order chi connectivity index (χ1) is 15.3. The molecule has 4 nitrogen and oxygen atoms in total. The molecule has 0 spiro atoms. The zero-order valence-corrected chi connectivity index (χ0v) is 19.6. The Labute approximate surface area is 202 Å². The smallest absolute Gasteiger partial charge is 0.266 e. The number of halogens is 3. The zero-order chi connectivity index (χ0) is 23.3. The molecular formula is C25H19Cl3N2O2. The van der Waals surface area contributed by atoms with Crippen molar-refractivity contribution >= 4 is 52.5 Å². The van der Waals surface area contributed by atoms with E-state index in [-0.39, 0.29) is 12.2 Å². The molecule has 0 radical (unpaired) electrons. The number of amides is 1. The quantitative estimate of drug-likeness (QED) is 0.292. The molecule has 1 amide bonds. The lowest BCUT2D eigenvalue weighted by Gasteiger charge is -2.12. The molecule has 32 heavy (non-hydrogen) atoms. The molecule has 0 atom stereocenters. The summed E-state index contributed by atoms with van der Waals surface area (Å²) in [5.74, 6) is -0.0689. The Morgan fingerprint density at radius 2 is 1.75 bits per heavy atom. The summed E-state index contributed by atoms with van der Waals surface area (Å²) in [6.07, 6.45) is 1.45. The van der Waals surface area contributed by atoms with E-state index in [0.717, 1.165) is 16.7 Å². The van der Waals surface area contributed by atoms with Crippen LogP contribution in [0.5, 0.6) is 5.75 Å². The molecule has 3 aromatic carbocycles. The molecule has 7 heteroatoms. The van der Waals surface area contributed by atoms with Crippen molar-refractivity contribution in [1.29, 1.82) is 5.26 Å². The van der Waals surface area contributed by atoms with Crippen molar-refractivity contribution in [1.82, 2.24) is 0 Å². The van der Waals surface area contributed by atoms with Gasteiger partial charge >= 0.3 is 0 Å². The van der Waals surface area contributed by atoms with Gasteiger partial charge in [-0.15, -0.1) is 0 Å². The second-order valence-electron chi connectivity index (χ2n) is 7.15. The molecule has 3 rings (SSSR count). The minimum Gasteiger partial charge on any atom is -0.488 e. The molecule has 0 saturated carbocycles. The number of nitrogens with one attached hydrogen (secondary N) is 1. The molecule has 0 saturated heterocycles. The average Bonchev–Trinajstić information content (AvgIpc) is 2.75. The first-order valence-corrected chi connectivity index (χ1v) is 10.8. The highest BCUT2D eigenvalue weighted by atomic mass is 35.5. The van der Waals surface area contributed by atoms with Gasteiger partial charge in [0, 0.05) is 31.9 Å². The van der Waals surface area contributed by atoms with Gasteiger partial charge < -0.3 is 10.1 Å². The van der Waals surface area contributed by atoms with Crippen LogP contribution < -0.4 is 10.1 Å². The molecule has 0 heterocycles. The third kappa shape index (κ3) is 6.05. The highest BCUT2D eigenvalue weighted by molar-refractivity contribution is 6.35. The number of hydrogen-bond donors (Lipinski definition) is 1. The third-order valence-electron chi connectivity index (χ3n) is 4.68. The number of carbonyl (C=O) groups is 1. The molecule has 3 aromatic rings. The van der Waals surface area contributed by atoms with E-state index in [0.29, 0.717) is 32.1 Å². The summed E-state index contributed by atoms with van der Waals surface area (Å²) in [6, 6.07) is 17.8. The Balaban J connectivity index is 1.86. The van der Waals surface area contributed by atoms with Gasteiger partial charge in [-0.2, -0.15) is 5.26 Å². The number of benzene rings is 3. The summed E-state index contributed by atoms with van der Waals surface area (Å²) >= 11 is 18.3. The third-order valence-corrected chi connectivity index (χ3v) is 5.50. The van der Waals surface area contributed by atoms with Crippen LogP contribution in [-0.2, 0) is 11.4 Å². The van der Waals surface area contributed by atoms with Crippen molar-refractivity contribution < 1.29 is 9.53 Å². The highest BCUT2D eigenvalue weighted by Gasteiger charge is 2.14. The van der Waals surface area contributed by atoms with E-state index in [1.807, 2.05) is 38.1 Å². The van der Waals surface area contributed by atoms with Crippen LogP contribution in [-0.4, -0.2) is 5.91 Å². The minimum absolute atomic E-state index is 0.0810. The monoisotopic (exact) mass is 484 g/mol. The Morgan fingerprint density at radius 1 is 1.03 bits per heavy atom. The fourth-order valence-corrected chi connectivity index (χ4v) is 3.57. The van der Waals surface area contributed by atoms with Crippen LogP contribution in [0.2, 0.25) is 15.1 Å². The van der Waals surface area contributed by atoms with Gasteiger partial charge in [-0.05, 0) is 67.4 Å². The van der Waals surface area contributed by atoms with Crippen molar-refractivity contribution in [2.45, 2.75) is 20.5 Å². The largest absolute Gasteiger partial charge is 0.488 e. The van der Waals surface area contributed by atoms with Crippen LogP contribution in [0.4, 0.5) is 5.69 Å². The topological polar surface area (TPSA) is 62.1 Å². The number of nitriles is 1. The molecule has 162 valence electrons. The lowest BCUT2D eigenvalue weighted by atomic mass is 10.1. The molecule has 0 bridgehead atoms. The van der Waals surface area contributed by atoms with Gasteiger partial charge in [0.15, 0.2) is 0 Å². The molecule has 1 N–H and O–H groups in total. The van der Waals surface area contributed by atoms with Crippen LogP contribution >= 0.6 is 34.8 Å². The zero-order valence-electron chi connectivity index (χ0n) is 17.4. The van der Waals surface area contributed by atoms with Gasteiger partial charge in [0.2, 0.25) is 0 Å². The van der Waals surface area contributed by atoms with Crippen molar-refractivity contribution in [3.8, 4) is 11.8 Å². The summed E-state index contributed by atoms with van der Waals surface area (Å²) in [6.45, 7) is 3.99. The predicted octanol–water partition coefficient (Wildman–Crippen LogP) is 7.39. The number of nitrogens with zero attached hydrogens (tertiary/aromatic N) is 1. The van der Waals surface area contributed by atoms with Gasteiger partial charge in [0.1, 0.15) is 24.0 Å². The number of carbonyl (C=O) groups excluding carboxylic acids is 1. The maximum atomic E-state index is 12.8. The highest BCUT2D eigenvalue weighted by Crippen LogP contribution is 2.28. The van der Waals surface area contributed by atoms with E-state index >= 15 is 0 Å². The normalized spacial score (nSPS) is 11.1. The molecule has 0 aliphatic carbocycles. The van der Waals surface area contributed by atoms with Gasteiger partial charge in [0.05, 0.1) is 0 Å². The van der Waals surface area contributed by atoms with Crippen LogP contribution in [0.15, 0.2) is 60.2 Å². The molecule has 0 fully saturated rings. The molecule has 0 aromatic heterocycles. The SMILES string of the molecule is Cc1ccc(C)c(NC(=O)/C(C#N)=C/c2cc(Cl)ccc2OCc2ccc(Cl)cc2Cl)c1. The minimum atomic E-state index is -0.520. The van der Waals surface area contributed by atoms with Gasteiger partial charge in [-0.1, -0.05) is 53.0 Å². The van der Waals surface area contributed by atoms with Gasteiger partial charge in [0.25, 0.3) is 5.91 Å². The lowest BCUT2D eigenvalue weighted by Crippen LogP contribution is -2.14. The Hall–Kier alpha value is -2.97. The van der Waals surface area contributed by atoms with Gasteiger partial charge in [-0.25, -0.2) is 0 Å². The van der Waals surface area contributed by atoms with Crippen LogP contribution in [0, 0.1) is 25.2 Å². The number of anilines is 1. The molecule has 0 unspecified atom stereocenters. The molecule has 0 aliphatic heterocycles. The number of ether oxygens (including phenoxy) is 1. The summed E-state index contributed by atoms with van der Waals surface area (Å²) in [5, 5.41) is 13.9. The van der Waals surface area contributed by atoms with E-state index in [1.165, 1.54) is 6.08 Å². The van der Waals surface area contributed by atoms with E-state index in [9.17, 15) is 10.1 Å². The van der Waals surface area contributed by atoms with Crippen molar-refractivity contribution in [2.75, 3.05) is 5.32 Å². The van der Waals surface area contributed by atoms with E-state index < -0.39 is 5.91 Å². The van der Waals surface area contributed by atoms with Crippen LogP contribution in [0.3, 0.4) is 0 Å². The van der Waals surface area contributed by atoms with Crippen LogP contribution in [0.25, 0.3) is 6.08 Å². The second-order valence-corrected chi connectivity index (χ2v) is 8.43. The summed E-state index contributed by atoms with van der Waals surface area (Å²) < 4.78 is 5.91. The van der Waals surface area contributed by atoms with Gasteiger partial charge in [-0.3, -0.25) is 4.79 Å². The molecule has 0 aliphatic rings. The molecular weight excluding hydrogens is 467 g/mol. The van der Waals surface area contributed by atoms with E-state index in [4.69, 9.17) is 39.5 Å². The average molecular weight is 486 g/mol. The van der Waals surface area contributed by atoms with Crippen molar-refractivity contribution in [3.63, 3.8) is 0 Å². The van der Waals surface area contributed by atoms with Crippen molar-refractivity contribution in [2.24, 2.45) is 0 Å². The first kappa shape index (κ1) is 23.7. The van der Waals surface area contributed by atoms with E-state index in [1.54, 1.807) is 36.4 Å². The van der Waals surface area contributed by atoms with Crippen LogP contribution in [0.1, 0.15) is 22.3 Å². The Bertz CT molecular complexity index is 1250. The second kappa shape index (κ2) is 10.6. The number of rotatable bonds is 6. The number of aryl methyl sites for hydroxylation is 2. The predicted molar refractivity (Wildman–Crippen MR) is 130 cm³/mol. The first-order valence-electron chi connectivity index (χ1n) is 9.63. The standard InChI is InChI=1S/C25H19Cl3N2O2/c1-15-3-4-16(2)23(9-15)30-25(31)19(13-29)10-18-11-20(26)7-8-24(18)32-14-17-5-6-21(27)12-22(17)28/h3-12H,14H2,1-2H3,(H,30,31)/b19-10+. The fourth-order valence-electron chi connectivity index (χ4n) is 2.92. The Kier molecular flexibility index (Phi) is 7.82. The lowest BCUT2D eigenvalue weighted by molar-refractivity contribution is -0.112. The summed E-state index contributed by atoms with van der Waals surface area (Å²) in [7, 11) is 0. The van der Waals surface area contributed by atoms with E-state index in [2.05, 4.69) is 5.32 Å². The summed E-state index contributed by atoms with van der Waals surface area (Å²) in [4.78, 5) is 12.8. The maximum absolute atomic E-state index is 12.8. The number of hydrogen-bond acceptors (Lipinski definition) is 3. The maximum Gasteiger partial charge on any atom is 0.266 e. The Morgan fingerprint density at radius 3 is 2.47 bits per heavy atom. The fraction of sp³-hybridized carbons (Fsp3) is 0.120. The summed E-state index contributed by atoms with van der Waals surface area (Å²) in [5.41, 5.74) is 3.70.